The van der Waals surface area contributed by atoms with Crippen molar-refractivity contribution in [1.29, 1.82) is 0 Å². The lowest BCUT2D eigenvalue weighted by atomic mass is 10.2. The summed E-state index contributed by atoms with van der Waals surface area (Å²) in [4.78, 5) is 10.6. The number of aromatic nitrogens is 2. The molecule has 0 aliphatic rings. The number of anilines is 2. The highest BCUT2D eigenvalue weighted by Gasteiger charge is 2.13. The molecule has 0 fully saturated rings. The molecule has 0 amide bonds. The minimum absolute atomic E-state index is 0.489. The van der Waals surface area contributed by atoms with Gasteiger partial charge in [0.25, 0.3) is 0 Å². The van der Waals surface area contributed by atoms with Gasteiger partial charge in [-0.3, -0.25) is 0 Å². The third-order valence-corrected chi connectivity index (χ3v) is 3.32. The van der Waals surface area contributed by atoms with Crippen LogP contribution < -0.4 is 9.64 Å². The summed E-state index contributed by atoms with van der Waals surface area (Å²) in [5.74, 6) is 2.29. The monoisotopic (exact) mass is 277 g/mol. The van der Waals surface area contributed by atoms with Crippen molar-refractivity contribution in [3.63, 3.8) is 0 Å². The maximum atomic E-state index is 6.10. The molecule has 0 aliphatic carbocycles. The van der Waals surface area contributed by atoms with Crippen LogP contribution in [0.5, 0.6) is 5.75 Å². The molecule has 0 radical (unpaired) electrons. The first-order valence-electron chi connectivity index (χ1n) is 5.91. The van der Waals surface area contributed by atoms with Crippen molar-refractivity contribution in [2.45, 2.75) is 13.8 Å². The van der Waals surface area contributed by atoms with Crippen LogP contribution >= 0.6 is 11.6 Å². The van der Waals surface area contributed by atoms with Crippen LogP contribution in [-0.4, -0.2) is 24.1 Å². The van der Waals surface area contributed by atoms with E-state index in [1.54, 1.807) is 7.11 Å². The Morgan fingerprint density at radius 1 is 1.11 bits per heavy atom. The van der Waals surface area contributed by atoms with Crippen molar-refractivity contribution in [1.82, 2.24) is 9.97 Å². The predicted octanol–water partition coefficient (Wildman–Crippen LogP) is 3.52. The zero-order valence-corrected chi connectivity index (χ0v) is 12.2. The second-order valence-corrected chi connectivity index (χ2v) is 4.63. The summed E-state index contributed by atoms with van der Waals surface area (Å²) in [5.41, 5.74) is 1.88. The third-order valence-electron chi connectivity index (χ3n) is 2.95. The van der Waals surface area contributed by atoms with E-state index in [0.29, 0.717) is 11.0 Å². The average Bonchev–Trinajstić information content (AvgIpc) is 2.42. The maximum Gasteiger partial charge on any atom is 0.140 e. The number of nitrogens with zero attached hydrogens (tertiary/aromatic N) is 3. The first kappa shape index (κ1) is 13.6. The minimum atomic E-state index is 0.489. The third kappa shape index (κ3) is 2.79. The summed E-state index contributed by atoms with van der Waals surface area (Å²) in [6.07, 6.45) is 0. The molecular formula is C14H16ClN3O. The van der Waals surface area contributed by atoms with Crippen molar-refractivity contribution in [3.8, 4) is 5.75 Å². The van der Waals surface area contributed by atoms with E-state index in [9.17, 15) is 0 Å². The van der Waals surface area contributed by atoms with Gasteiger partial charge in [0.1, 0.15) is 22.5 Å². The van der Waals surface area contributed by atoms with Crippen LogP contribution in [0.25, 0.3) is 0 Å². The van der Waals surface area contributed by atoms with Crippen LogP contribution in [0.3, 0.4) is 0 Å². The van der Waals surface area contributed by atoms with Crippen LogP contribution in [0.2, 0.25) is 5.15 Å². The highest BCUT2D eigenvalue weighted by Crippen LogP contribution is 2.29. The average molecular weight is 278 g/mol. The molecule has 0 aliphatic heterocycles. The zero-order valence-electron chi connectivity index (χ0n) is 11.4. The van der Waals surface area contributed by atoms with Gasteiger partial charge in [-0.1, -0.05) is 11.6 Å². The van der Waals surface area contributed by atoms with Crippen LogP contribution in [0.15, 0.2) is 24.3 Å². The molecule has 0 saturated heterocycles. The van der Waals surface area contributed by atoms with E-state index in [2.05, 4.69) is 9.97 Å². The lowest BCUT2D eigenvalue weighted by Crippen LogP contribution is -2.14. The Labute approximate surface area is 118 Å². The number of rotatable bonds is 3. The molecule has 19 heavy (non-hydrogen) atoms. The van der Waals surface area contributed by atoms with Gasteiger partial charge in [0, 0.05) is 18.3 Å². The van der Waals surface area contributed by atoms with Gasteiger partial charge in [-0.2, -0.15) is 0 Å². The van der Waals surface area contributed by atoms with Gasteiger partial charge in [0.15, 0.2) is 0 Å². The Kier molecular flexibility index (Phi) is 3.90. The minimum Gasteiger partial charge on any atom is -0.497 e. The standard InChI is InChI=1S/C14H16ClN3O/c1-9-13(15)16-10(2)17-14(9)18(3)11-5-7-12(19-4)8-6-11/h5-8H,1-4H3. The number of benzene rings is 1. The van der Waals surface area contributed by atoms with Gasteiger partial charge in [0.2, 0.25) is 0 Å². The summed E-state index contributed by atoms with van der Waals surface area (Å²) < 4.78 is 5.15. The molecule has 5 heteroatoms. The Bertz CT molecular complexity index is 584. The molecule has 0 unspecified atom stereocenters. The number of ether oxygens (including phenoxy) is 1. The van der Waals surface area contributed by atoms with Crippen LogP contribution in [0, 0.1) is 13.8 Å². The first-order chi connectivity index (χ1) is 9.02. The number of aryl methyl sites for hydroxylation is 1. The Morgan fingerprint density at radius 2 is 1.74 bits per heavy atom. The van der Waals surface area contributed by atoms with Crippen molar-refractivity contribution in [2.24, 2.45) is 0 Å². The normalized spacial score (nSPS) is 10.4. The van der Waals surface area contributed by atoms with Crippen LogP contribution in [-0.2, 0) is 0 Å². The molecule has 1 aromatic heterocycles. The number of methoxy groups -OCH3 is 1. The van der Waals surface area contributed by atoms with E-state index in [-0.39, 0.29) is 0 Å². The summed E-state index contributed by atoms with van der Waals surface area (Å²) in [7, 11) is 3.60. The lowest BCUT2D eigenvalue weighted by molar-refractivity contribution is 0.415. The molecule has 0 spiro atoms. The maximum absolute atomic E-state index is 6.10. The zero-order chi connectivity index (χ0) is 14.0. The van der Waals surface area contributed by atoms with Gasteiger partial charge >= 0.3 is 0 Å². The Morgan fingerprint density at radius 3 is 2.32 bits per heavy atom. The topological polar surface area (TPSA) is 38.2 Å². The fourth-order valence-electron chi connectivity index (χ4n) is 1.83. The Balaban J connectivity index is 2.40. The lowest BCUT2D eigenvalue weighted by Gasteiger charge is -2.21. The second-order valence-electron chi connectivity index (χ2n) is 4.27. The molecule has 2 rings (SSSR count). The van der Waals surface area contributed by atoms with Gasteiger partial charge < -0.3 is 9.64 Å². The molecule has 100 valence electrons. The molecule has 0 bridgehead atoms. The van der Waals surface area contributed by atoms with Gasteiger partial charge in [-0.05, 0) is 38.1 Å². The smallest absolute Gasteiger partial charge is 0.140 e. The first-order valence-corrected chi connectivity index (χ1v) is 6.29. The van der Waals surface area contributed by atoms with E-state index >= 15 is 0 Å². The van der Waals surface area contributed by atoms with Crippen molar-refractivity contribution in [2.75, 3.05) is 19.1 Å². The second kappa shape index (κ2) is 5.45. The molecule has 1 aromatic carbocycles. The van der Waals surface area contributed by atoms with Crippen LogP contribution in [0.4, 0.5) is 11.5 Å². The van der Waals surface area contributed by atoms with Crippen molar-refractivity contribution in [3.05, 3.63) is 40.8 Å². The largest absolute Gasteiger partial charge is 0.497 e. The van der Waals surface area contributed by atoms with E-state index in [4.69, 9.17) is 16.3 Å². The van der Waals surface area contributed by atoms with Gasteiger partial charge in [0.05, 0.1) is 7.11 Å². The highest BCUT2D eigenvalue weighted by atomic mass is 35.5. The van der Waals surface area contributed by atoms with Gasteiger partial charge in [-0.15, -0.1) is 0 Å². The number of halogens is 1. The van der Waals surface area contributed by atoms with E-state index in [1.807, 2.05) is 50.1 Å². The predicted molar refractivity (Wildman–Crippen MR) is 77.6 cm³/mol. The number of hydrogen-bond acceptors (Lipinski definition) is 4. The molecule has 2 aromatic rings. The molecule has 0 N–H and O–H groups in total. The fourth-order valence-corrected chi connectivity index (χ4v) is 2.04. The van der Waals surface area contributed by atoms with Crippen LogP contribution in [0.1, 0.15) is 11.4 Å². The van der Waals surface area contributed by atoms with E-state index in [0.717, 1.165) is 22.8 Å². The summed E-state index contributed by atoms with van der Waals surface area (Å²) in [6, 6.07) is 7.78. The fraction of sp³-hybridized carbons (Fsp3) is 0.286. The van der Waals surface area contributed by atoms with Crippen molar-refractivity contribution >= 4 is 23.1 Å². The molecule has 4 nitrogen and oxygen atoms in total. The SMILES string of the molecule is COc1ccc(N(C)c2nc(C)nc(Cl)c2C)cc1. The van der Waals surface area contributed by atoms with Crippen molar-refractivity contribution < 1.29 is 4.74 Å². The molecule has 0 saturated carbocycles. The summed E-state index contributed by atoms with van der Waals surface area (Å²) in [5, 5.41) is 0.489. The Hall–Kier alpha value is -1.81. The molecular weight excluding hydrogens is 262 g/mol. The molecule has 1 heterocycles. The quantitative estimate of drug-likeness (QED) is 0.805. The van der Waals surface area contributed by atoms with Gasteiger partial charge in [-0.25, -0.2) is 9.97 Å². The summed E-state index contributed by atoms with van der Waals surface area (Å²) in [6.45, 7) is 3.74. The van der Waals surface area contributed by atoms with E-state index < -0.39 is 0 Å². The summed E-state index contributed by atoms with van der Waals surface area (Å²) >= 11 is 6.10. The highest BCUT2D eigenvalue weighted by molar-refractivity contribution is 6.30. The van der Waals surface area contributed by atoms with E-state index in [1.165, 1.54) is 0 Å². The molecule has 0 atom stereocenters. The number of hydrogen-bond donors (Lipinski definition) is 0.